The first kappa shape index (κ1) is 26.1. The average molecular weight is 575 g/mol. The van der Waals surface area contributed by atoms with E-state index in [4.69, 9.17) is 34.8 Å². The van der Waals surface area contributed by atoms with Crippen molar-refractivity contribution in [2.75, 3.05) is 30.4 Å². The maximum absolute atomic E-state index is 13.1. The zero-order chi connectivity index (χ0) is 26.3. The molecule has 2 atom stereocenters. The van der Waals surface area contributed by atoms with Gasteiger partial charge in [-0.3, -0.25) is 9.69 Å². The lowest BCUT2D eigenvalue weighted by atomic mass is 10.1. The largest absolute Gasteiger partial charge is 0.367 e. The first-order valence-electron chi connectivity index (χ1n) is 11.9. The maximum Gasteiger partial charge on any atom is 0.255 e. The Kier molecular flexibility index (Phi) is 7.52. The fraction of sp³-hybridized carbons (Fsp3) is 0.259. The second kappa shape index (κ2) is 10.7. The molecule has 6 nitrogen and oxygen atoms in total. The smallest absolute Gasteiger partial charge is 0.255 e. The number of hydrogen-bond donors (Lipinski definition) is 2. The molecule has 0 radical (unpaired) electrons. The number of H-pyrrole nitrogens is 1. The molecule has 4 aromatic rings. The molecule has 0 spiro atoms. The predicted octanol–water partition coefficient (Wildman–Crippen LogP) is 7.55. The van der Waals surface area contributed by atoms with Crippen LogP contribution in [-0.4, -0.2) is 53.0 Å². The number of rotatable bonds is 5. The molecule has 2 aromatic carbocycles. The highest BCUT2D eigenvalue weighted by atomic mass is 35.5. The SMILES string of the molecule is C[C@@H]1CN(c2ccc(C(=O)Nc3ccc(Cl)c(-c4ncc(-c5ccc(Cl)s5)[nH]4)c3)cc2Cl)C[C@H](C)N1C. The zero-order valence-electron chi connectivity index (χ0n) is 20.6. The number of halogens is 3. The number of thiophene rings is 1. The van der Waals surface area contributed by atoms with Gasteiger partial charge in [-0.25, -0.2) is 4.98 Å². The van der Waals surface area contributed by atoms with Crippen LogP contribution in [0.1, 0.15) is 24.2 Å². The van der Waals surface area contributed by atoms with Gasteiger partial charge in [0.25, 0.3) is 5.91 Å². The number of aromatic amines is 1. The normalized spacial score (nSPS) is 18.3. The monoisotopic (exact) mass is 573 g/mol. The van der Waals surface area contributed by atoms with Crippen LogP contribution < -0.4 is 10.2 Å². The Morgan fingerprint density at radius 3 is 2.46 bits per heavy atom. The number of benzene rings is 2. The average Bonchev–Trinajstić information content (AvgIpc) is 3.52. The maximum atomic E-state index is 13.1. The van der Waals surface area contributed by atoms with Crippen LogP contribution in [0.15, 0.2) is 54.7 Å². The highest BCUT2D eigenvalue weighted by molar-refractivity contribution is 7.19. The zero-order valence-corrected chi connectivity index (χ0v) is 23.6. The van der Waals surface area contributed by atoms with E-state index >= 15 is 0 Å². The lowest BCUT2D eigenvalue weighted by Gasteiger charge is -2.43. The summed E-state index contributed by atoms with van der Waals surface area (Å²) in [5.41, 5.74) is 3.55. The van der Waals surface area contributed by atoms with Crippen molar-refractivity contribution < 1.29 is 4.79 Å². The van der Waals surface area contributed by atoms with Gasteiger partial charge in [0, 0.05) is 42.0 Å². The Labute approximate surface area is 235 Å². The van der Waals surface area contributed by atoms with Crippen molar-refractivity contribution in [1.29, 1.82) is 0 Å². The summed E-state index contributed by atoms with van der Waals surface area (Å²) in [7, 11) is 2.15. The Hall–Kier alpha value is -2.55. The first-order valence-corrected chi connectivity index (χ1v) is 13.8. The molecule has 0 saturated carbocycles. The van der Waals surface area contributed by atoms with Crippen molar-refractivity contribution in [1.82, 2.24) is 14.9 Å². The third-order valence-corrected chi connectivity index (χ3v) is 8.70. The van der Waals surface area contributed by atoms with Crippen molar-refractivity contribution in [2.45, 2.75) is 25.9 Å². The van der Waals surface area contributed by atoms with Crippen LogP contribution in [0.4, 0.5) is 11.4 Å². The number of nitrogens with zero attached hydrogens (tertiary/aromatic N) is 3. The highest BCUT2D eigenvalue weighted by Gasteiger charge is 2.27. The van der Waals surface area contributed by atoms with Crippen LogP contribution in [0.25, 0.3) is 22.0 Å². The Morgan fingerprint density at radius 1 is 1.03 bits per heavy atom. The van der Waals surface area contributed by atoms with Crippen LogP contribution in [0.3, 0.4) is 0 Å². The number of imidazole rings is 1. The number of nitrogens with one attached hydrogen (secondary N) is 2. The second-order valence-corrected chi connectivity index (χ2v) is 11.9. The topological polar surface area (TPSA) is 64.3 Å². The lowest BCUT2D eigenvalue weighted by molar-refractivity contribution is 0.102. The summed E-state index contributed by atoms with van der Waals surface area (Å²) in [6, 6.07) is 15.4. The minimum Gasteiger partial charge on any atom is -0.367 e. The van der Waals surface area contributed by atoms with E-state index < -0.39 is 0 Å². The summed E-state index contributed by atoms with van der Waals surface area (Å²) in [4.78, 5) is 26.5. The van der Waals surface area contributed by atoms with Crippen molar-refractivity contribution in [3.05, 3.63) is 74.7 Å². The Balaban J connectivity index is 1.33. The summed E-state index contributed by atoms with van der Waals surface area (Å²) in [6.45, 7) is 6.18. The summed E-state index contributed by atoms with van der Waals surface area (Å²) in [6.07, 6.45) is 1.74. The van der Waals surface area contributed by atoms with Crippen LogP contribution in [-0.2, 0) is 0 Å². The van der Waals surface area contributed by atoms with Gasteiger partial charge in [-0.2, -0.15) is 0 Å². The van der Waals surface area contributed by atoms with E-state index in [-0.39, 0.29) is 5.91 Å². The summed E-state index contributed by atoms with van der Waals surface area (Å²) in [5, 5.41) is 4.03. The fourth-order valence-electron chi connectivity index (χ4n) is 4.54. The van der Waals surface area contributed by atoms with Gasteiger partial charge in [-0.05, 0) is 69.4 Å². The van der Waals surface area contributed by atoms with E-state index in [0.29, 0.717) is 49.1 Å². The molecule has 5 rings (SSSR count). The molecule has 0 bridgehead atoms. The molecule has 37 heavy (non-hydrogen) atoms. The number of likely N-dealkylation sites (N-methyl/N-ethyl adjacent to an activating group) is 1. The minimum absolute atomic E-state index is 0.254. The van der Waals surface area contributed by atoms with Gasteiger partial charge in [-0.1, -0.05) is 34.8 Å². The van der Waals surface area contributed by atoms with Crippen molar-refractivity contribution >= 4 is 63.4 Å². The molecule has 10 heteroatoms. The van der Waals surface area contributed by atoms with Crippen LogP contribution in [0.5, 0.6) is 0 Å². The molecule has 1 saturated heterocycles. The molecule has 1 fully saturated rings. The molecular formula is C27H26Cl3N5OS. The van der Waals surface area contributed by atoms with E-state index in [0.717, 1.165) is 29.3 Å². The summed E-state index contributed by atoms with van der Waals surface area (Å²) in [5.74, 6) is 0.346. The van der Waals surface area contributed by atoms with Gasteiger partial charge in [0.1, 0.15) is 5.82 Å². The first-order chi connectivity index (χ1) is 17.7. The molecular weight excluding hydrogens is 549 g/mol. The number of carbonyl (C=O) groups is 1. The van der Waals surface area contributed by atoms with Gasteiger partial charge >= 0.3 is 0 Å². The number of amides is 1. The lowest BCUT2D eigenvalue weighted by Crippen LogP contribution is -2.55. The molecule has 2 N–H and O–H groups in total. The quantitative estimate of drug-likeness (QED) is 0.258. The molecule has 192 valence electrons. The van der Waals surface area contributed by atoms with Gasteiger partial charge in [-0.15, -0.1) is 11.3 Å². The Morgan fingerprint density at radius 2 is 1.78 bits per heavy atom. The fourth-order valence-corrected chi connectivity index (χ4v) is 6.05. The second-order valence-electron chi connectivity index (χ2n) is 9.33. The number of piperazine rings is 1. The summed E-state index contributed by atoms with van der Waals surface area (Å²) >= 11 is 20.6. The molecule has 1 amide bonds. The molecule has 0 aliphatic carbocycles. The van der Waals surface area contributed by atoms with E-state index in [9.17, 15) is 4.79 Å². The third kappa shape index (κ3) is 5.52. The molecule has 3 heterocycles. The van der Waals surface area contributed by atoms with Gasteiger partial charge in [0.05, 0.1) is 36.8 Å². The minimum atomic E-state index is -0.254. The van der Waals surface area contributed by atoms with Crippen molar-refractivity contribution in [2.24, 2.45) is 0 Å². The van der Waals surface area contributed by atoms with Gasteiger partial charge < -0.3 is 15.2 Å². The number of hydrogen-bond acceptors (Lipinski definition) is 5. The molecule has 0 unspecified atom stereocenters. The molecule has 2 aromatic heterocycles. The molecule has 1 aliphatic heterocycles. The van der Waals surface area contributed by atoms with E-state index in [1.54, 1.807) is 30.5 Å². The highest BCUT2D eigenvalue weighted by Crippen LogP contribution is 2.34. The number of aromatic nitrogens is 2. The number of anilines is 2. The third-order valence-electron chi connectivity index (χ3n) is 6.80. The van der Waals surface area contributed by atoms with E-state index in [1.807, 2.05) is 24.3 Å². The van der Waals surface area contributed by atoms with Gasteiger partial charge in [0.15, 0.2) is 0 Å². The van der Waals surface area contributed by atoms with Gasteiger partial charge in [0.2, 0.25) is 0 Å². The Bertz CT molecular complexity index is 1440. The van der Waals surface area contributed by atoms with Crippen LogP contribution >= 0.6 is 46.1 Å². The van der Waals surface area contributed by atoms with E-state index in [1.165, 1.54) is 11.3 Å². The van der Waals surface area contributed by atoms with Crippen molar-refractivity contribution in [3.8, 4) is 22.0 Å². The summed E-state index contributed by atoms with van der Waals surface area (Å²) < 4.78 is 0.703. The number of carbonyl (C=O) groups excluding carboxylic acids is 1. The van der Waals surface area contributed by atoms with E-state index in [2.05, 4.69) is 46.0 Å². The van der Waals surface area contributed by atoms with Crippen molar-refractivity contribution in [3.63, 3.8) is 0 Å². The predicted molar refractivity (Wildman–Crippen MR) is 156 cm³/mol. The van der Waals surface area contributed by atoms with Crippen LogP contribution in [0, 0.1) is 0 Å². The molecule has 1 aliphatic rings. The van der Waals surface area contributed by atoms with Crippen LogP contribution in [0.2, 0.25) is 14.4 Å². The standard InChI is InChI=1S/C27H26Cl3N5OS/c1-15-13-35(14-16(2)34(15)3)23-7-4-17(10-21(23)29)27(36)32-18-5-6-20(28)19(11-18)26-31-12-22(33-26)24-8-9-25(30)37-24/h4-12,15-16H,13-14H2,1-3H3,(H,31,33)(H,32,36)/t15-,16+.